The molecule has 2 rings (SSSR count). The SMILES string of the molecule is CC(=O)Nc1ccc(NC(=O)[C@@H](C)OC(=O)/C=C/c2cccc(Cl)c2)cc1. The molecule has 140 valence electrons. The number of ether oxygens (including phenoxy) is 1. The van der Waals surface area contributed by atoms with Gasteiger partial charge in [0, 0.05) is 29.4 Å². The predicted molar refractivity (Wildman–Crippen MR) is 105 cm³/mol. The van der Waals surface area contributed by atoms with E-state index in [1.807, 2.05) is 0 Å². The molecule has 1 atom stereocenters. The van der Waals surface area contributed by atoms with Crippen LogP contribution in [-0.2, 0) is 19.1 Å². The Morgan fingerprint density at radius 3 is 2.26 bits per heavy atom. The second-order valence-electron chi connectivity index (χ2n) is 5.72. The van der Waals surface area contributed by atoms with Crippen molar-refractivity contribution in [1.29, 1.82) is 0 Å². The number of hydrogen-bond donors (Lipinski definition) is 2. The molecule has 0 unspecified atom stereocenters. The Morgan fingerprint density at radius 1 is 1.04 bits per heavy atom. The number of esters is 1. The second kappa shape index (κ2) is 9.54. The first-order valence-electron chi connectivity index (χ1n) is 8.16. The van der Waals surface area contributed by atoms with Gasteiger partial charge in [-0.3, -0.25) is 9.59 Å². The molecule has 0 aliphatic rings. The Bertz CT molecular complexity index is 863. The zero-order valence-corrected chi connectivity index (χ0v) is 15.6. The first-order chi connectivity index (χ1) is 12.8. The lowest BCUT2D eigenvalue weighted by Crippen LogP contribution is -2.29. The normalized spacial score (nSPS) is 11.7. The number of hydrogen-bond acceptors (Lipinski definition) is 4. The van der Waals surface area contributed by atoms with Gasteiger partial charge in [0.1, 0.15) is 0 Å². The Kier molecular flexibility index (Phi) is 7.14. The highest BCUT2D eigenvalue weighted by atomic mass is 35.5. The molecule has 2 N–H and O–H groups in total. The summed E-state index contributed by atoms with van der Waals surface area (Å²) in [6, 6.07) is 13.6. The maximum absolute atomic E-state index is 12.1. The summed E-state index contributed by atoms with van der Waals surface area (Å²) in [4.78, 5) is 35.0. The van der Waals surface area contributed by atoms with E-state index in [2.05, 4.69) is 10.6 Å². The maximum Gasteiger partial charge on any atom is 0.331 e. The molecule has 27 heavy (non-hydrogen) atoms. The minimum absolute atomic E-state index is 0.182. The lowest BCUT2D eigenvalue weighted by Gasteiger charge is -2.12. The quantitative estimate of drug-likeness (QED) is 0.582. The van der Waals surface area contributed by atoms with Crippen molar-refractivity contribution < 1.29 is 19.1 Å². The molecule has 6 nitrogen and oxygen atoms in total. The smallest absolute Gasteiger partial charge is 0.331 e. The van der Waals surface area contributed by atoms with Crippen LogP contribution in [0.1, 0.15) is 19.4 Å². The topological polar surface area (TPSA) is 84.5 Å². The van der Waals surface area contributed by atoms with E-state index in [-0.39, 0.29) is 5.91 Å². The lowest BCUT2D eigenvalue weighted by atomic mass is 10.2. The number of anilines is 2. The van der Waals surface area contributed by atoms with Crippen LogP contribution in [0.4, 0.5) is 11.4 Å². The van der Waals surface area contributed by atoms with Gasteiger partial charge in [-0.05, 0) is 55.0 Å². The van der Waals surface area contributed by atoms with Crippen LogP contribution in [0.2, 0.25) is 5.02 Å². The highest BCUT2D eigenvalue weighted by Crippen LogP contribution is 2.14. The van der Waals surface area contributed by atoms with E-state index in [0.29, 0.717) is 16.4 Å². The number of halogens is 1. The van der Waals surface area contributed by atoms with Crippen LogP contribution in [0.25, 0.3) is 6.08 Å². The van der Waals surface area contributed by atoms with Crippen molar-refractivity contribution in [2.45, 2.75) is 20.0 Å². The molecule has 0 fully saturated rings. The predicted octanol–water partition coefficient (Wildman–Crippen LogP) is 3.88. The van der Waals surface area contributed by atoms with Crippen LogP contribution >= 0.6 is 11.6 Å². The molecule has 0 bridgehead atoms. The summed E-state index contributed by atoms with van der Waals surface area (Å²) in [6.07, 6.45) is 1.81. The van der Waals surface area contributed by atoms with Crippen molar-refractivity contribution in [2.75, 3.05) is 10.6 Å². The summed E-state index contributed by atoms with van der Waals surface area (Å²) in [7, 11) is 0. The number of carbonyl (C=O) groups is 3. The van der Waals surface area contributed by atoms with Crippen molar-refractivity contribution >= 4 is 46.8 Å². The third-order valence-corrected chi connectivity index (χ3v) is 3.63. The van der Waals surface area contributed by atoms with Crippen LogP contribution in [-0.4, -0.2) is 23.9 Å². The van der Waals surface area contributed by atoms with Gasteiger partial charge in [-0.15, -0.1) is 0 Å². The van der Waals surface area contributed by atoms with E-state index in [1.54, 1.807) is 54.6 Å². The van der Waals surface area contributed by atoms with E-state index in [0.717, 1.165) is 5.56 Å². The van der Waals surface area contributed by atoms with E-state index >= 15 is 0 Å². The molecule has 7 heteroatoms. The van der Waals surface area contributed by atoms with Crippen molar-refractivity contribution in [3.05, 3.63) is 65.2 Å². The van der Waals surface area contributed by atoms with Crippen molar-refractivity contribution in [1.82, 2.24) is 0 Å². The number of benzene rings is 2. The fourth-order valence-corrected chi connectivity index (χ4v) is 2.32. The zero-order valence-electron chi connectivity index (χ0n) is 14.9. The van der Waals surface area contributed by atoms with Gasteiger partial charge in [-0.1, -0.05) is 23.7 Å². The van der Waals surface area contributed by atoms with Crippen LogP contribution < -0.4 is 10.6 Å². The van der Waals surface area contributed by atoms with Crippen LogP contribution in [0, 0.1) is 0 Å². The molecule has 2 aromatic rings. The molecular formula is C20H19ClN2O4. The molecule has 0 aliphatic carbocycles. The summed E-state index contributed by atoms with van der Waals surface area (Å²) < 4.78 is 5.08. The largest absolute Gasteiger partial charge is 0.449 e. The highest BCUT2D eigenvalue weighted by molar-refractivity contribution is 6.30. The molecule has 2 amide bonds. The molecule has 0 saturated heterocycles. The summed E-state index contributed by atoms with van der Waals surface area (Å²) in [5.41, 5.74) is 1.88. The second-order valence-corrected chi connectivity index (χ2v) is 6.15. The van der Waals surface area contributed by atoms with Crippen LogP contribution in [0.15, 0.2) is 54.6 Å². The average Bonchev–Trinajstić information content (AvgIpc) is 2.61. The number of carbonyl (C=O) groups excluding carboxylic acids is 3. The molecule has 2 aromatic carbocycles. The van der Waals surface area contributed by atoms with Crippen molar-refractivity contribution in [3.8, 4) is 0 Å². The van der Waals surface area contributed by atoms with Gasteiger partial charge >= 0.3 is 5.97 Å². The summed E-state index contributed by atoms with van der Waals surface area (Å²) in [6.45, 7) is 2.89. The zero-order chi connectivity index (χ0) is 19.8. The minimum atomic E-state index is -0.975. The standard InChI is InChI=1S/C20H19ClN2O4/c1-13(27-19(25)11-6-15-4-3-5-16(21)12-15)20(26)23-18-9-7-17(8-10-18)22-14(2)24/h3-13H,1-2H3,(H,22,24)(H,23,26)/b11-6+/t13-/m1/s1. The Labute approximate surface area is 162 Å². The monoisotopic (exact) mass is 386 g/mol. The van der Waals surface area contributed by atoms with E-state index in [9.17, 15) is 14.4 Å². The molecule has 0 saturated carbocycles. The van der Waals surface area contributed by atoms with Crippen LogP contribution in [0.3, 0.4) is 0 Å². The first kappa shape index (κ1) is 20.2. The van der Waals surface area contributed by atoms with Gasteiger partial charge in [-0.2, -0.15) is 0 Å². The third kappa shape index (κ3) is 6.95. The Hall–Kier alpha value is -3.12. The third-order valence-electron chi connectivity index (χ3n) is 3.40. The van der Waals surface area contributed by atoms with Crippen molar-refractivity contribution in [2.24, 2.45) is 0 Å². The number of nitrogens with one attached hydrogen (secondary N) is 2. The highest BCUT2D eigenvalue weighted by Gasteiger charge is 2.16. The molecular weight excluding hydrogens is 368 g/mol. The van der Waals surface area contributed by atoms with E-state index in [4.69, 9.17) is 16.3 Å². The van der Waals surface area contributed by atoms with Gasteiger partial charge in [0.25, 0.3) is 5.91 Å². The lowest BCUT2D eigenvalue weighted by molar-refractivity contribution is -0.148. The van der Waals surface area contributed by atoms with Gasteiger partial charge < -0.3 is 15.4 Å². The van der Waals surface area contributed by atoms with Gasteiger partial charge in [0.05, 0.1) is 0 Å². The average molecular weight is 387 g/mol. The maximum atomic E-state index is 12.1. The van der Waals surface area contributed by atoms with Gasteiger partial charge in [0.2, 0.25) is 5.91 Å². The fourth-order valence-electron chi connectivity index (χ4n) is 2.13. The summed E-state index contributed by atoms with van der Waals surface area (Å²) >= 11 is 5.87. The Balaban J connectivity index is 1.87. The summed E-state index contributed by atoms with van der Waals surface area (Å²) in [5, 5.41) is 5.82. The first-order valence-corrected chi connectivity index (χ1v) is 8.54. The molecule has 0 aromatic heterocycles. The molecule has 0 spiro atoms. The van der Waals surface area contributed by atoms with E-state index in [1.165, 1.54) is 19.9 Å². The van der Waals surface area contributed by atoms with Crippen LogP contribution in [0.5, 0.6) is 0 Å². The fraction of sp³-hybridized carbons (Fsp3) is 0.150. The summed E-state index contributed by atoms with van der Waals surface area (Å²) in [5.74, 6) is -1.29. The Morgan fingerprint density at radius 2 is 1.67 bits per heavy atom. The molecule has 0 radical (unpaired) electrons. The van der Waals surface area contributed by atoms with E-state index < -0.39 is 18.0 Å². The van der Waals surface area contributed by atoms with Gasteiger partial charge in [0.15, 0.2) is 6.10 Å². The number of rotatable bonds is 6. The minimum Gasteiger partial charge on any atom is -0.449 e. The molecule has 0 aliphatic heterocycles. The number of amides is 2. The molecule has 0 heterocycles. The van der Waals surface area contributed by atoms with Gasteiger partial charge in [-0.25, -0.2) is 4.79 Å². The van der Waals surface area contributed by atoms with Crippen molar-refractivity contribution in [3.63, 3.8) is 0 Å².